The summed E-state index contributed by atoms with van der Waals surface area (Å²) in [5.74, 6) is 1.60. The second kappa shape index (κ2) is 5.98. The Bertz CT molecular complexity index is 640. The molecule has 23 heavy (non-hydrogen) atoms. The van der Waals surface area contributed by atoms with Crippen molar-refractivity contribution in [3.8, 4) is 6.07 Å². The van der Waals surface area contributed by atoms with Gasteiger partial charge in [0.2, 0.25) is 0 Å². The summed E-state index contributed by atoms with van der Waals surface area (Å²) in [4.78, 5) is 12.6. The first kappa shape index (κ1) is 14.7. The van der Waals surface area contributed by atoms with Gasteiger partial charge in [-0.3, -0.25) is 4.79 Å². The van der Waals surface area contributed by atoms with Crippen LogP contribution < -0.4 is 5.32 Å². The summed E-state index contributed by atoms with van der Waals surface area (Å²) >= 11 is 0. The molecule has 4 nitrogen and oxygen atoms in total. The summed E-state index contributed by atoms with van der Waals surface area (Å²) in [7, 11) is 0. The SMILES string of the molecule is N#Cc1cccc(C(=O)N[C@H]2[C@@H]3CCO[C@@H]3[C@@H]2C2CCCC2)c1. The van der Waals surface area contributed by atoms with Crippen LogP contribution in [0.2, 0.25) is 0 Å². The molecule has 1 N–H and O–H groups in total. The van der Waals surface area contributed by atoms with Crippen molar-refractivity contribution < 1.29 is 9.53 Å². The minimum absolute atomic E-state index is 0.0551. The molecular weight excluding hydrogens is 288 g/mol. The largest absolute Gasteiger partial charge is 0.377 e. The Balaban J connectivity index is 1.50. The average Bonchev–Trinajstić information content (AvgIpc) is 3.23. The molecule has 0 spiro atoms. The monoisotopic (exact) mass is 310 g/mol. The number of hydrogen-bond acceptors (Lipinski definition) is 3. The molecule has 1 aliphatic heterocycles. The van der Waals surface area contributed by atoms with Crippen molar-refractivity contribution in [3.05, 3.63) is 35.4 Å². The maximum atomic E-state index is 12.6. The van der Waals surface area contributed by atoms with Crippen LogP contribution in [-0.4, -0.2) is 24.7 Å². The Labute approximate surface area is 136 Å². The predicted molar refractivity (Wildman–Crippen MR) is 85.7 cm³/mol. The van der Waals surface area contributed by atoms with E-state index in [1.165, 1.54) is 25.7 Å². The molecule has 4 rings (SSSR count). The Morgan fingerprint density at radius 2 is 2.09 bits per heavy atom. The van der Waals surface area contributed by atoms with E-state index in [1.54, 1.807) is 24.3 Å². The third-order valence-corrected chi connectivity index (χ3v) is 5.93. The number of carbonyl (C=O) groups excluding carboxylic acids is 1. The van der Waals surface area contributed by atoms with Gasteiger partial charge in [0.15, 0.2) is 0 Å². The van der Waals surface area contributed by atoms with E-state index in [2.05, 4.69) is 11.4 Å². The van der Waals surface area contributed by atoms with Gasteiger partial charge in [-0.1, -0.05) is 31.7 Å². The van der Waals surface area contributed by atoms with Gasteiger partial charge in [0, 0.05) is 30.0 Å². The van der Waals surface area contributed by atoms with Crippen LogP contribution in [0, 0.1) is 29.1 Å². The summed E-state index contributed by atoms with van der Waals surface area (Å²) in [6.45, 7) is 0.828. The number of benzene rings is 1. The van der Waals surface area contributed by atoms with Crippen molar-refractivity contribution in [1.29, 1.82) is 5.26 Å². The summed E-state index contributed by atoms with van der Waals surface area (Å²) in [6, 6.07) is 9.27. The van der Waals surface area contributed by atoms with Crippen molar-refractivity contribution >= 4 is 5.91 Å². The van der Waals surface area contributed by atoms with Gasteiger partial charge in [0.05, 0.1) is 17.7 Å². The van der Waals surface area contributed by atoms with Crippen molar-refractivity contribution in [2.75, 3.05) is 6.61 Å². The van der Waals surface area contributed by atoms with Gasteiger partial charge < -0.3 is 10.1 Å². The van der Waals surface area contributed by atoms with Crippen molar-refractivity contribution in [2.45, 2.75) is 44.2 Å². The van der Waals surface area contributed by atoms with E-state index < -0.39 is 0 Å². The van der Waals surface area contributed by atoms with Crippen LogP contribution in [-0.2, 0) is 4.74 Å². The third kappa shape index (κ3) is 2.53. The number of rotatable bonds is 3. The number of nitriles is 1. The molecule has 0 aromatic heterocycles. The van der Waals surface area contributed by atoms with Crippen LogP contribution >= 0.6 is 0 Å². The van der Waals surface area contributed by atoms with Gasteiger partial charge >= 0.3 is 0 Å². The topological polar surface area (TPSA) is 62.1 Å². The zero-order valence-electron chi connectivity index (χ0n) is 13.2. The van der Waals surface area contributed by atoms with Crippen LogP contribution in [0.15, 0.2) is 24.3 Å². The number of hydrogen-bond donors (Lipinski definition) is 1. The lowest BCUT2D eigenvalue weighted by molar-refractivity contribution is -0.0784. The van der Waals surface area contributed by atoms with Gasteiger partial charge in [-0.05, 0) is 30.5 Å². The molecule has 1 heterocycles. The second-order valence-corrected chi connectivity index (χ2v) is 7.10. The summed E-state index contributed by atoms with van der Waals surface area (Å²) in [5, 5.41) is 12.2. The van der Waals surface area contributed by atoms with Gasteiger partial charge in [-0.2, -0.15) is 5.26 Å². The minimum Gasteiger partial charge on any atom is -0.377 e. The molecular formula is C19H22N2O2. The maximum Gasteiger partial charge on any atom is 0.251 e. The van der Waals surface area contributed by atoms with Crippen molar-refractivity contribution in [2.24, 2.45) is 17.8 Å². The number of nitrogens with zero attached hydrogens (tertiary/aromatic N) is 1. The molecule has 120 valence electrons. The molecule has 3 fully saturated rings. The van der Waals surface area contributed by atoms with Crippen LogP contribution in [0.25, 0.3) is 0 Å². The summed E-state index contributed by atoms with van der Waals surface area (Å²) < 4.78 is 5.94. The molecule has 1 aromatic carbocycles. The number of carbonyl (C=O) groups is 1. The zero-order chi connectivity index (χ0) is 15.8. The predicted octanol–water partition coefficient (Wildman–Crippen LogP) is 2.88. The van der Waals surface area contributed by atoms with Crippen LogP contribution in [0.5, 0.6) is 0 Å². The first-order chi connectivity index (χ1) is 11.3. The lowest BCUT2D eigenvalue weighted by Gasteiger charge is -2.50. The Hall–Kier alpha value is -1.86. The summed E-state index contributed by atoms with van der Waals surface area (Å²) in [6.07, 6.45) is 6.57. The van der Waals surface area contributed by atoms with Crippen LogP contribution in [0.4, 0.5) is 0 Å². The standard InChI is InChI=1S/C19H22N2O2/c20-11-12-4-3-7-14(10-12)19(22)21-17-15-8-9-23-18(15)16(17)13-5-1-2-6-13/h3-4,7,10,13,15-18H,1-2,5-6,8-9H2,(H,21,22)/t15-,16+,17-,18-/m0/s1. The fraction of sp³-hybridized carbons (Fsp3) is 0.579. The molecule has 1 amide bonds. The molecule has 1 saturated heterocycles. The van der Waals surface area contributed by atoms with E-state index in [0.29, 0.717) is 35.0 Å². The Kier molecular flexibility index (Phi) is 3.82. The first-order valence-corrected chi connectivity index (χ1v) is 8.70. The lowest BCUT2D eigenvalue weighted by Crippen LogP contribution is -2.63. The third-order valence-electron chi connectivity index (χ3n) is 5.93. The molecule has 4 atom stereocenters. The average molecular weight is 310 g/mol. The smallest absolute Gasteiger partial charge is 0.251 e. The zero-order valence-corrected chi connectivity index (χ0v) is 13.2. The number of fused-ring (bicyclic) bond motifs is 1. The van der Waals surface area contributed by atoms with Gasteiger partial charge in [-0.15, -0.1) is 0 Å². The van der Waals surface area contributed by atoms with E-state index in [4.69, 9.17) is 10.00 Å². The Morgan fingerprint density at radius 3 is 2.87 bits per heavy atom. The normalized spacial score (nSPS) is 32.8. The molecule has 0 radical (unpaired) electrons. The van der Waals surface area contributed by atoms with Crippen molar-refractivity contribution in [3.63, 3.8) is 0 Å². The number of nitrogens with one attached hydrogen (secondary N) is 1. The van der Waals surface area contributed by atoms with E-state index in [1.807, 2.05) is 0 Å². The van der Waals surface area contributed by atoms with Crippen molar-refractivity contribution in [1.82, 2.24) is 5.32 Å². The van der Waals surface area contributed by atoms with E-state index >= 15 is 0 Å². The molecule has 3 aliphatic rings. The highest BCUT2D eigenvalue weighted by Gasteiger charge is 2.56. The maximum absolute atomic E-state index is 12.6. The Morgan fingerprint density at radius 1 is 1.26 bits per heavy atom. The fourth-order valence-electron chi connectivity index (χ4n) is 4.82. The molecule has 2 aliphatic carbocycles. The van der Waals surface area contributed by atoms with Gasteiger partial charge in [0.25, 0.3) is 5.91 Å². The number of ether oxygens (including phenoxy) is 1. The quantitative estimate of drug-likeness (QED) is 0.933. The van der Waals surface area contributed by atoms with E-state index in [0.717, 1.165) is 13.0 Å². The molecule has 0 bridgehead atoms. The highest BCUT2D eigenvalue weighted by atomic mass is 16.5. The second-order valence-electron chi connectivity index (χ2n) is 7.10. The molecule has 0 unspecified atom stereocenters. The van der Waals surface area contributed by atoms with Gasteiger partial charge in [-0.25, -0.2) is 0 Å². The fourth-order valence-corrected chi connectivity index (χ4v) is 4.82. The molecule has 1 aromatic rings. The van der Waals surface area contributed by atoms with E-state index in [9.17, 15) is 4.79 Å². The lowest BCUT2D eigenvalue weighted by atomic mass is 9.61. The van der Waals surface area contributed by atoms with Crippen LogP contribution in [0.1, 0.15) is 48.0 Å². The first-order valence-electron chi connectivity index (χ1n) is 8.70. The summed E-state index contributed by atoms with van der Waals surface area (Å²) in [5.41, 5.74) is 1.11. The molecule has 4 heteroatoms. The number of amides is 1. The van der Waals surface area contributed by atoms with E-state index in [-0.39, 0.29) is 11.9 Å². The minimum atomic E-state index is -0.0551. The molecule has 2 saturated carbocycles. The highest BCUT2D eigenvalue weighted by Crippen LogP contribution is 2.51. The highest BCUT2D eigenvalue weighted by molar-refractivity contribution is 5.94. The van der Waals surface area contributed by atoms with Crippen LogP contribution in [0.3, 0.4) is 0 Å². The van der Waals surface area contributed by atoms with Gasteiger partial charge in [0.1, 0.15) is 0 Å².